The average molecular weight is 245 g/mol. The van der Waals surface area contributed by atoms with E-state index in [1.54, 1.807) is 11.1 Å². The van der Waals surface area contributed by atoms with Gasteiger partial charge in [0, 0.05) is 12.1 Å². The lowest BCUT2D eigenvalue weighted by Gasteiger charge is -2.39. The lowest BCUT2D eigenvalue weighted by Crippen LogP contribution is -2.24. The zero-order valence-corrected chi connectivity index (χ0v) is 11.5. The van der Waals surface area contributed by atoms with Crippen molar-refractivity contribution in [2.75, 3.05) is 27.2 Å². The highest BCUT2D eigenvalue weighted by Gasteiger charge is 2.34. The van der Waals surface area contributed by atoms with Crippen LogP contribution in [-0.2, 0) is 0 Å². The van der Waals surface area contributed by atoms with Crippen LogP contribution in [0.2, 0.25) is 0 Å². The van der Waals surface area contributed by atoms with E-state index in [0.29, 0.717) is 0 Å². The predicted octanol–water partition coefficient (Wildman–Crippen LogP) is 3.38. The standard InChI is InChI=1S/C16H23NO/c1-17(2)10-11-18-15-5-3-4-14-12-6-8-13(9-7-12)16(14)15/h3-5,12-13H,6-11H2,1-2H3. The van der Waals surface area contributed by atoms with Gasteiger partial charge in [0.05, 0.1) is 0 Å². The fraction of sp³-hybridized carbons (Fsp3) is 0.625. The summed E-state index contributed by atoms with van der Waals surface area (Å²) in [5, 5.41) is 0. The van der Waals surface area contributed by atoms with Gasteiger partial charge in [-0.1, -0.05) is 12.1 Å². The third kappa shape index (κ3) is 2.14. The topological polar surface area (TPSA) is 12.5 Å². The molecule has 0 aliphatic heterocycles. The molecule has 98 valence electrons. The van der Waals surface area contributed by atoms with Crippen LogP contribution in [0.5, 0.6) is 5.75 Å². The third-order valence-electron chi connectivity index (χ3n) is 4.47. The first-order valence-electron chi connectivity index (χ1n) is 7.16. The molecule has 0 unspecified atom stereocenters. The number of nitrogens with zero attached hydrogens (tertiary/aromatic N) is 1. The van der Waals surface area contributed by atoms with Crippen LogP contribution >= 0.6 is 0 Å². The summed E-state index contributed by atoms with van der Waals surface area (Å²) in [5.74, 6) is 2.73. The maximum atomic E-state index is 6.03. The first-order chi connectivity index (χ1) is 8.75. The summed E-state index contributed by atoms with van der Waals surface area (Å²) in [5.41, 5.74) is 3.12. The molecule has 0 atom stereocenters. The van der Waals surface area contributed by atoms with E-state index in [9.17, 15) is 0 Å². The van der Waals surface area contributed by atoms with Gasteiger partial charge in [-0.15, -0.1) is 0 Å². The molecular formula is C16H23NO. The van der Waals surface area contributed by atoms with Crippen molar-refractivity contribution in [2.45, 2.75) is 37.5 Å². The van der Waals surface area contributed by atoms with Gasteiger partial charge < -0.3 is 9.64 Å². The molecule has 0 aromatic heterocycles. The molecule has 0 saturated heterocycles. The molecule has 0 amide bonds. The number of likely N-dealkylation sites (N-methyl/N-ethyl adjacent to an activating group) is 1. The van der Waals surface area contributed by atoms with Gasteiger partial charge in [0.2, 0.25) is 0 Å². The van der Waals surface area contributed by atoms with Crippen LogP contribution in [0.3, 0.4) is 0 Å². The van der Waals surface area contributed by atoms with E-state index < -0.39 is 0 Å². The first-order valence-corrected chi connectivity index (χ1v) is 7.16. The van der Waals surface area contributed by atoms with Crippen LogP contribution in [0, 0.1) is 0 Å². The minimum Gasteiger partial charge on any atom is -0.492 e. The zero-order chi connectivity index (χ0) is 12.5. The van der Waals surface area contributed by atoms with E-state index in [4.69, 9.17) is 4.74 Å². The fourth-order valence-electron chi connectivity index (χ4n) is 3.51. The van der Waals surface area contributed by atoms with Gasteiger partial charge >= 0.3 is 0 Å². The van der Waals surface area contributed by atoms with Crippen molar-refractivity contribution in [3.05, 3.63) is 29.3 Å². The highest BCUT2D eigenvalue weighted by molar-refractivity contribution is 5.47. The monoisotopic (exact) mass is 245 g/mol. The second-order valence-corrected chi connectivity index (χ2v) is 5.96. The van der Waals surface area contributed by atoms with Crippen molar-refractivity contribution < 1.29 is 4.74 Å². The van der Waals surface area contributed by atoms with Crippen LogP contribution in [0.4, 0.5) is 0 Å². The van der Waals surface area contributed by atoms with E-state index in [1.807, 2.05) is 0 Å². The molecular weight excluding hydrogens is 222 g/mol. The minimum absolute atomic E-state index is 0.764. The second kappa shape index (κ2) is 4.93. The van der Waals surface area contributed by atoms with Gasteiger partial charge in [-0.2, -0.15) is 0 Å². The van der Waals surface area contributed by atoms with Crippen LogP contribution in [0.25, 0.3) is 0 Å². The van der Waals surface area contributed by atoms with Crippen LogP contribution < -0.4 is 4.74 Å². The first kappa shape index (κ1) is 12.0. The number of rotatable bonds is 4. The molecule has 2 bridgehead atoms. The van der Waals surface area contributed by atoms with Crippen molar-refractivity contribution >= 4 is 0 Å². The molecule has 2 nitrogen and oxygen atoms in total. The summed E-state index contributed by atoms with van der Waals surface area (Å²) < 4.78 is 6.03. The van der Waals surface area contributed by atoms with Gasteiger partial charge in [0.1, 0.15) is 12.4 Å². The Morgan fingerprint density at radius 3 is 2.56 bits per heavy atom. The predicted molar refractivity (Wildman–Crippen MR) is 74.4 cm³/mol. The maximum absolute atomic E-state index is 6.03. The number of fused-ring (bicyclic) bond motifs is 2. The summed E-state index contributed by atoms with van der Waals surface area (Å²) in [6.45, 7) is 1.78. The summed E-state index contributed by atoms with van der Waals surface area (Å²) in [6.07, 6.45) is 5.51. The molecule has 4 rings (SSSR count). The third-order valence-corrected chi connectivity index (χ3v) is 4.47. The second-order valence-electron chi connectivity index (χ2n) is 5.96. The fourth-order valence-corrected chi connectivity index (χ4v) is 3.51. The molecule has 1 fully saturated rings. The molecule has 0 radical (unpaired) electrons. The van der Waals surface area contributed by atoms with Gasteiger partial charge in [-0.05, 0) is 63.2 Å². The Hall–Kier alpha value is -1.02. The van der Waals surface area contributed by atoms with Crippen LogP contribution in [0.1, 0.15) is 48.6 Å². The van der Waals surface area contributed by atoms with Gasteiger partial charge in [0.15, 0.2) is 0 Å². The van der Waals surface area contributed by atoms with E-state index in [2.05, 4.69) is 37.2 Å². The highest BCUT2D eigenvalue weighted by Crippen LogP contribution is 2.52. The molecule has 2 heteroatoms. The number of hydrogen-bond donors (Lipinski definition) is 0. The highest BCUT2D eigenvalue weighted by atomic mass is 16.5. The number of benzene rings is 1. The summed E-state index contributed by atoms with van der Waals surface area (Å²) >= 11 is 0. The molecule has 1 saturated carbocycles. The molecule has 18 heavy (non-hydrogen) atoms. The number of hydrogen-bond acceptors (Lipinski definition) is 2. The van der Waals surface area contributed by atoms with Gasteiger partial charge in [-0.3, -0.25) is 0 Å². The van der Waals surface area contributed by atoms with Crippen LogP contribution in [0.15, 0.2) is 18.2 Å². The normalized spacial score (nSPS) is 25.3. The van der Waals surface area contributed by atoms with Gasteiger partial charge in [-0.25, -0.2) is 0 Å². The summed E-state index contributed by atoms with van der Waals surface area (Å²) in [7, 11) is 4.18. The van der Waals surface area contributed by atoms with E-state index in [1.165, 1.54) is 25.7 Å². The van der Waals surface area contributed by atoms with Crippen molar-refractivity contribution in [3.8, 4) is 5.75 Å². The molecule has 1 aromatic carbocycles. The molecule has 0 spiro atoms. The van der Waals surface area contributed by atoms with Crippen molar-refractivity contribution in [3.63, 3.8) is 0 Å². The minimum atomic E-state index is 0.764. The Labute approximate surface area is 110 Å². The summed E-state index contributed by atoms with van der Waals surface area (Å²) in [4.78, 5) is 2.17. The molecule has 3 aliphatic rings. The Kier molecular flexibility index (Phi) is 3.29. The maximum Gasteiger partial charge on any atom is 0.123 e. The molecule has 0 N–H and O–H groups in total. The van der Waals surface area contributed by atoms with E-state index in [0.717, 1.165) is 30.7 Å². The van der Waals surface area contributed by atoms with Gasteiger partial charge in [0.25, 0.3) is 0 Å². The number of ether oxygens (including phenoxy) is 1. The van der Waals surface area contributed by atoms with Crippen molar-refractivity contribution in [1.82, 2.24) is 4.90 Å². The zero-order valence-electron chi connectivity index (χ0n) is 11.5. The SMILES string of the molecule is CN(C)CCOc1cccc2c1C1CCC2CC1. The molecule has 0 heterocycles. The largest absolute Gasteiger partial charge is 0.492 e. The Morgan fingerprint density at radius 1 is 1.11 bits per heavy atom. The lowest BCUT2D eigenvalue weighted by molar-refractivity contribution is 0.252. The Morgan fingerprint density at radius 2 is 1.83 bits per heavy atom. The van der Waals surface area contributed by atoms with Crippen molar-refractivity contribution in [1.29, 1.82) is 0 Å². The van der Waals surface area contributed by atoms with E-state index >= 15 is 0 Å². The summed E-state index contributed by atoms with van der Waals surface area (Å²) in [6, 6.07) is 6.66. The molecule has 3 aliphatic carbocycles. The molecule has 1 aromatic rings. The smallest absolute Gasteiger partial charge is 0.123 e. The lowest BCUT2D eigenvalue weighted by atomic mass is 9.67. The average Bonchev–Trinajstić information content (AvgIpc) is 2.40. The van der Waals surface area contributed by atoms with Crippen LogP contribution in [-0.4, -0.2) is 32.1 Å². The quantitative estimate of drug-likeness (QED) is 0.806. The Bertz CT molecular complexity index is 419. The Balaban J connectivity index is 1.81. The van der Waals surface area contributed by atoms with Crippen molar-refractivity contribution in [2.24, 2.45) is 0 Å². The van der Waals surface area contributed by atoms with E-state index in [-0.39, 0.29) is 0 Å².